The van der Waals surface area contributed by atoms with Gasteiger partial charge in [-0.25, -0.2) is 9.37 Å². The zero-order valence-electron chi connectivity index (χ0n) is 20.2. The Labute approximate surface area is 214 Å². The molecule has 2 aromatic carbocycles. The van der Waals surface area contributed by atoms with E-state index < -0.39 is 0 Å². The molecule has 0 spiro atoms. The van der Waals surface area contributed by atoms with Crippen LogP contribution in [0, 0.1) is 12.7 Å². The number of hydrogen-bond acceptors (Lipinski definition) is 4. The molecule has 1 aromatic heterocycles. The van der Waals surface area contributed by atoms with Crippen LogP contribution >= 0.6 is 15.9 Å². The first kappa shape index (κ1) is 24.2. The van der Waals surface area contributed by atoms with Crippen molar-refractivity contribution in [3.63, 3.8) is 0 Å². The molecule has 2 fully saturated rings. The lowest BCUT2D eigenvalue weighted by Gasteiger charge is -2.37. The second-order valence-electron chi connectivity index (χ2n) is 9.77. The summed E-state index contributed by atoms with van der Waals surface area (Å²) in [4.78, 5) is 22.5. The number of fused-ring (bicyclic) bond motifs is 1. The Hall–Kier alpha value is -2.51. The summed E-state index contributed by atoms with van der Waals surface area (Å²) in [5.41, 5.74) is 3.37. The van der Waals surface area contributed by atoms with E-state index in [1.807, 2.05) is 18.2 Å². The van der Waals surface area contributed by atoms with Crippen molar-refractivity contribution >= 4 is 44.2 Å². The molecule has 2 saturated heterocycles. The highest BCUT2D eigenvalue weighted by atomic mass is 79.9. The maximum atomic E-state index is 14.0. The maximum Gasteiger partial charge on any atom is 0.224 e. The van der Waals surface area contributed by atoms with Crippen LogP contribution in [0.5, 0.6) is 0 Å². The summed E-state index contributed by atoms with van der Waals surface area (Å²) in [6, 6.07) is 13.7. The SMILES string of the molecule is Cc1cc(N2CCC(N3CCCC3)CC2)nc2ccc(NC(=O)CCc3ccc(Br)cc3F)cc12. The number of aryl methyl sites for hydroxylation is 2. The molecule has 0 bridgehead atoms. The Balaban J connectivity index is 1.22. The van der Waals surface area contributed by atoms with Gasteiger partial charge in [-0.15, -0.1) is 0 Å². The van der Waals surface area contributed by atoms with Crippen molar-refractivity contribution in [3.8, 4) is 0 Å². The van der Waals surface area contributed by atoms with Crippen molar-refractivity contribution in [3.05, 3.63) is 63.9 Å². The Kier molecular flexibility index (Phi) is 7.35. The highest BCUT2D eigenvalue weighted by Crippen LogP contribution is 2.29. The molecule has 0 atom stereocenters. The van der Waals surface area contributed by atoms with E-state index in [1.165, 1.54) is 44.8 Å². The van der Waals surface area contributed by atoms with Gasteiger partial charge in [0.2, 0.25) is 5.91 Å². The fraction of sp³-hybridized carbons (Fsp3) is 0.429. The first-order valence-corrected chi connectivity index (χ1v) is 13.4. The van der Waals surface area contributed by atoms with Crippen LogP contribution in [-0.2, 0) is 11.2 Å². The zero-order valence-corrected chi connectivity index (χ0v) is 21.8. The Morgan fingerprint density at radius 2 is 1.86 bits per heavy atom. The van der Waals surface area contributed by atoms with E-state index in [0.29, 0.717) is 16.5 Å². The molecule has 5 rings (SSSR count). The molecule has 0 radical (unpaired) electrons. The fourth-order valence-corrected chi connectivity index (χ4v) is 5.71. The third-order valence-corrected chi connectivity index (χ3v) is 7.86. The summed E-state index contributed by atoms with van der Waals surface area (Å²) in [5, 5.41) is 4.00. The second kappa shape index (κ2) is 10.6. The van der Waals surface area contributed by atoms with Crippen molar-refractivity contribution in [1.29, 1.82) is 0 Å². The second-order valence-corrected chi connectivity index (χ2v) is 10.7. The molecule has 35 heavy (non-hydrogen) atoms. The number of amides is 1. The monoisotopic (exact) mass is 538 g/mol. The summed E-state index contributed by atoms with van der Waals surface area (Å²) in [6.45, 7) is 6.72. The number of aromatic nitrogens is 1. The molecular weight excluding hydrogens is 507 g/mol. The van der Waals surface area contributed by atoms with E-state index in [-0.39, 0.29) is 18.1 Å². The lowest BCUT2D eigenvalue weighted by Crippen LogP contribution is -2.44. The Bertz CT molecular complexity index is 1220. The Morgan fingerprint density at radius 1 is 1.09 bits per heavy atom. The minimum atomic E-state index is -0.296. The van der Waals surface area contributed by atoms with Gasteiger partial charge in [0.25, 0.3) is 0 Å². The number of pyridine rings is 1. The van der Waals surface area contributed by atoms with E-state index in [4.69, 9.17) is 4.98 Å². The third kappa shape index (κ3) is 5.67. The molecule has 3 heterocycles. The number of halogens is 2. The molecule has 184 valence electrons. The van der Waals surface area contributed by atoms with Crippen molar-refractivity contribution in [2.45, 2.75) is 51.5 Å². The zero-order chi connectivity index (χ0) is 24.4. The average molecular weight is 539 g/mol. The summed E-state index contributed by atoms with van der Waals surface area (Å²) >= 11 is 3.26. The molecule has 1 N–H and O–H groups in total. The van der Waals surface area contributed by atoms with Gasteiger partial charge >= 0.3 is 0 Å². The minimum absolute atomic E-state index is 0.130. The van der Waals surface area contributed by atoms with E-state index >= 15 is 0 Å². The molecule has 0 saturated carbocycles. The molecular formula is C28H32BrFN4O. The first-order chi connectivity index (χ1) is 17.0. The molecule has 2 aliphatic rings. The van der Waals surface area contributed by atoms with Crippen molar-refractivity contribution in [2.24, 2.45) is 0 Å². The molecule has 0 aliphatic carbocycles. The topological polar surface area (TPSA) is 48.5 Å². The predicted molar refractivity (Wildman–Crippen MR) is 144 cm³/mol. The summed E-state index contributed by atoms with van der Waals surface area (Å²) < 4.78 is 14.7. The lowest BCUT2D eigenvalue weighted by atomic mass is 10.0. The summed E-state index contributed by atoms with van der Waals surface area (Å²) in [5.74, 6) is 0.619. The first-order valence-electron chi connectivity index (χ1n) is 12.6. The van der Waals surface area contributed by atoms with E-state index in [9.17, 15) is 9.18 Å². The van der Waals surface area contributed by atoms with Crippen LogP contribution in [0.4, 0.5) is 15.9 Å². The van der Waals surface area contributed by atoms with E-state index in [1.54, 1.807) is 12.1 Å². The van der Waals surface area contributed by atoms with Gasteiger partial charge in [0.15, 0.2) is 0 Å². The number of carbonyl (C=O) groups excluding carboxylic acids is 1. The fourth-order valence-electron chi connectivity index (χ4n) is 5.38. The van der Waals surface area contributed by atoms with E-state index in [0.717, 1.165) is 47.1 Å². The van der Waals surface area contributed by atoms with Crippen LogP contribution in [0.3, 0.4) is 0 Å². The predicted octanol–water partition coefficient (Wildman–Crippen LogP) is 6.08. The average Bonchev–Trinajstić information content (AvgIpc) is 3.39. The van der Waals surface area contributed by atoms with Gasteiger partial charge in [-0.3, -0.25) is 4.79 Å². The van der Waals surface area contributed by atoms with Crippen LogP contribution in [-0.4, -0.2) is 48.0 Å². The third-order valence-electron chi connectivity index (χ3n) is 7.37. The van der Waals surface area contributed by atoms with Crippen LogP contribution in [0.15, 0.2) is 46.9 Å². The molecule has 7 heteroatoms. The van der Waals surface area contributed by atoms with Crippen molar-refractivity contribution in [2.75, 3.05) is 36.4 Å². The van der Waals surface area contributed by atoms with E-state index in [2.05, 4.69) is 44.0 Å². The van der Waals surface area contributed by atoms with Gasteiger partial charge in [0, 0.05) is 41.1 Å². The van der Waals surface area contributed by atoms with Crippen LogP contribution < -0.4 is 10.2 Å². The number of carbonyl (C=O) groups is 1. The number of nitrogens with one attached hydrogen (secondary N) is 1. The number of benzene rings is 2. The number of piperidine rings is 1. The van der Waals surface area contributed by atoms with Gasteiger partial charge in [-0.05, 0) is 99.6 Å². The van der Waals surface area contributed by atoms with Gasteiger partial charge in [0.05, 0.1) is 5.52 Å². The minimum Gasteiger partial charge on any atom is -0.356 e. The molecule has 0 unspecified atom stereocenters. The quantitative estimate of drug-likeness (QED) is 0.413. The van der Waals surface area contributed by atoms with Gasteiger partial charge in [0.1, 0.15) is 11.6 Å². The largest absolute Gasteiger partial charge is 0.356 e. The van der Waals surface area contributed by atoms with Crippen molar-refractivity contribution < 1.29 is 9.18 Å². The summed E-state index contributed by atoms with van der Waals surface area (Å²) in [7, 11) is 0. The van der Waals surface area contributed by atoms with Crippen molar-refractivity contribution in [1.82, 2.24) is 9.88 Å². The normalized spacial score (nSPS) is 17.3. The highest BCUT2D eigenvalue weighted by Gasteiger charge is 2.27. The van der Waals surface area contributed by atoms with Crippen LogP contribution in [0.25, 0.3) is 10.9 Å². The maximum absolute atomic E-state index is 14.0. The molecule has 3 aromatic rings. The van der Waals surface area contributed by atoms with Gasteiger partial charge in [-0.2, -0.15) is 0 Å². The number of anilines is 2. The molecule has 2 aliphatic heterocycles. The van der Waals surface area contributed by atoms with Crippen LogP contribution in [0.1, 0.15) is 43.2 Å². The molecule has 5 nitrogen and oxygen atoms in total. The Morgan fingerprint density at radius 3 is 2.60 bits per heavy atom. The smallest absolute Gasteiger partial charge is 0.224 e. The lowest BCUT2D eigenvalue weighted by molar-refractivity contribution is -0.116. The number of nitrogens with zero attached hydrogens (tertiary/aromatic N) is 3. The standard InChI is InChI=1S/C28H32BrFN4O/c1-19-16-27(34-14-10-23(11-15-34)33-12-2-3-13-33)32-26-8-7-22(18-24(19)26)31-28(35)9-5-20-4-6-21(29)17-25(20)30/h4,6-8,16-18,23H,2-3,5,9-15H2,1H3,(H,31,35). The number of hydrogen-bond donors (Lipinski definition) is 1. The summed E-state index contributed by atoms with van der Waals surface area (Å²) in [6.07, 6.45) is 5.68. The number of rotatable bonds is 6. The highest BCUT2D eigenvalue weighted by molar-refractivity contribution is 9.10. The van der Waals surface area contributed by atoms with Gasteiger partial charge in [-0.1, -0.05) is 22.0 Å². The molecule has 1 amide bonds. The van der Waals surface area contributed by atoms with Crippen LogP contribution in [0.2, 0.25) is 0 Å². The van der Waals surface area contributed by atoms with Gasteiger partial charge < -0.3 is 15.1 Å². The number of likely N-dealkylation sites (tertiary alicyclic amines) is 1.